The lowest BCUT2D eigenvalue weighted by Crippen LogP contribution is -2.45. The Bertz CT molecular complexity index is 1500. The van der Waals surface area contributed by atoms with E-state index < -0.39 is 104 Å². The molecule has 0 heterocycles. The summed E-state index contributed by atoms with van der Waals surface area (Å²) in [7, 11) is 0. The molecule has 0 N–H and O–H groups in total. The van der Waals surface area contributed by atoms with E-state index in [1.54, 1.807) is 48.5 Å². The van der Waals surface area contributed by atoms with Gasteiger partial charge >= 0.3 is 11.9 Å². The summed E-state index contributed by atoms with van der Waals surface area (Å²) >= 11 is 0. The summed E-state index contributed by atoms with van der Waals surface area (Å²) in [6.07, 6.45) is 0.660. The van der Waals surface area contributed by atoms with Gasteiger partial charge in [0.1, 0.15) is 0 Å². The van der Waals surface area contributed by atoms with Crippen LogP contribution in [0.25, 0.3) is 0 Å². The van der Waals surface area contributed by atoms with Gasteiger partial charge in [-0.1, -0.05) is 83.1 Å². The number of rotatable bonds is 6. The van der Waals surface area contributed by atoms with E-state index in [1.165, 1.54) is 0 Å². The minimum absolute atomic E-state index is 0.290. The topological polar surface area (TPSA) is 52.6 Å². The summed E-state index contributed by atoms with van der Waals surface area (Å²) < 4.78 is 132. The zero-order valence-corrected chi connectivity index (χ0v) is 30.5. The van der Waals surface area contributed by atoms with Crippen LogP contribution in [0.4, 0.5) is 39.5 Å². The maximum Gasteiger partial charge on any atom is 0.317 e. The highest BCUT2D eigenvalue weighted by atomic mass is 19.2. The summed E-state index contributed by atoms with van der Waals surface area (Å²) in [6, 6.07) is 0. The fraction of sp³-hybridized carbons (Fsp3) is 0.611. The van der Waals surface area contributed by atoms with Gasteiger partial charge in [0.25, 0.3) is 0 Å². The Hall–Kier alpha value is -3.25. The fourth-order valence-electron chi connectivity index (χ4n) is 4.92. The Morgan fingerprint density at radius 1 is 0.531 bits per heavy atom. The number of carbonyl (C=O) groups is 2. The molecule has 4 nitrogen and oxygen atoms in total. The molecule has 2 rings (SSSR count). The zero-order valence-electron chi connectivity index (χ0n) is 30.5. The minimum atomic E-state index is -2.30. The number of halogens is 9. The molecular weight excluding hydrogens is 667 g/mol. The number of esters is 2. The van der Waals surface area contributed by atoms with E-state index in [4.69, 9.17) is 4.74 Å². The third kappa shape index (κ3) is 10.4. The Labute approximate surface area is 282 Å². The minimum Gasteiger partial charge on any atom is -0.420 e. The average molecular weight is 715 g/mol. The van der Waals surface area contributed by atoms with Crippen molar-refractivity contribution in [1.82, 2.24) is 0 Å². The van der Waals surface area contributed by atoms with Crippen LogP contribution in [0.1, 0.15) is 108 Å². The van der Waals surface area contributed by atoms with Crippen LogP contribution in [0.5, 0.6) is 11.5 Å². The zero-order chi connectivity index (χ0) is 39.0. The molecule has 0 saturated heterocycles. The van der Waals surface area contributed by atoms with Gasteiger partial charge in [-0.25, -0.2) is 22.0 Å². The van der Waals surface area contributed by atoms with Crippen LogP contribution in [-0.4, -0.2) is 11.9 Å². The average Bonchev–Trinajstić information content (AvgIpc) is 2.93. The lowest BCUT2D eigenvalue weighted by molar-refractivity contribution is -0.155. The number of hydrogen-bond donors (Lipinski definition) is 0. The van der Waals surface area contributed by atoms with Crippen LogP contribution in [0.15, 0.2) is 0 Å². The number of benzene rings is 2. The first kappa shape index (κ1) is 43.8. The summed E-state index contributed by atoms with van der Waals surface area (Å²) in [5, 5.41) is 0. The first-order chi connectivity index (χ1) is 21.7. The van der Waals surface area contributed by atoms with Crippen LogP contribution in [-0.2, 0) is 9.59 Å². The second kappa shape index (κ2) is 14.9. The Kier molecular flexibility index (Phi) is 13.3. The SMILES string of the molecule is CC(C)(C)CC(C(=O)Oc1c(F)c(F)c(F)c(F)c1F)C(C)(C)C.Cc1c(F)c(F)c(OC(=O)C(C)(CC(C)(C)C)C(C)(C)C)c(F)c1F. The van der Waals surface area contributed by atoms with Crippen LogP contribution in [0.3, 0.4) is 0 Å². The van der Waals surface area contributed by atoms with E-state index in [2.05, 4.69) is 4.74 Å². The van der Waals surface area contributed by atoms with Gasteiger partial charge in [-0.05, 0) is 48.3 Å². The molecule has 0 aromatic heterocycles. The van der Waals surface area contributed by atoms with Gasteiger partial charge in [0.15, 0.2) is 11.6 Å². The Morgan fingerprint density at radius 2 is 0.878 bits per heavy atom. The Balaban J connectivity index is 0.000000490. The largest absolute Gasteiger partial charge is 0.420 e. The number of hydrogen-bond acceptors (Lipinski definition) is 4. The molecular formula is C36H47F9O4. The van der Waals surface area contributed by atoms with E-state index in [0.717, 1.165) is 6.92 Å². The summed E-state index contributed by atoms with van der Waals surface area (Å²) in [5.74, 6) is -23.2. The van der Waals surface area contributed by atoms with Gasteiger partial charge in [0, 0.05) is 5.56 Å². The molecule has 2 aromatic carbocycles. The van der Waals surface area contributed by atoms with Crippen molar-refractivity contribution in [3.05, 3.63) is 57.9 Å². The fourth-order valence-corrected chi connectivity index (χ4v) is 4.92. The van der Waals surface area contributed by atoms with Crippen molar-refractivity contribution in [2.75, 3.05) is 0 Å². The number of carbonyl (C=O) groups excluding carboxylic acids is 2. The van der Waals surface area contributed by atoms with Crippen molar-refractivity contribution in [1.29, 1.82) is 0 Å². The molecule has 0 aliphatic carbocycles. The highest BCUT2D eigenvalue weighted by molar-refractivity contribution is 5.80. The van der Waals surface area contributed by atoms with Gasteiger partial charge in [-0.15, -0.1) is 0 Å². The molecule has 0 radical (unpaired) electrons. The first-order valence-corrected chi connectivity index (χ1v) is 15.5. The summed E-state index contributed by atoms with van der Waals surface area (Å²) in [6.45, 7) is 24.4. The number of ether oxygens (including phenoxy) is 2. The third-order valence-electron chi connectivity index (χ3n) is 8.15. The van der Waals surface area contributed by atoms with Gasteiger partial charge in [0.2, 0.25) is 52.2 Å². The summed E-state index contributed by atoms with van der Waals surface area (Å²) in [5.41, 5.74) is -3.79. The lowest BCUT2D eigenvalue weighted by atomic mass is 9.61. The Morgan fingerprint density at radius 3 is 1.20 bits per heavy atom. The molecule has 0 aliphatic rings. The van der Waals surface area contributed by atoms with Gasteiger partial charge in [-0.2, -0.15) is 17.6 Å². The predicted octanol–water partition coefficient (Wildman–Crippen LogP) is 11.3. The van der Waals surface area contributed by atoms with E-state index >= 15 is 0 Å². The van der Waals surface area contributed by atoms with Crippen LogP contribution >= 0.6 is 0 Å². The molecule has 0 aliphatic heterocycles. The van der Waals surface area contributed by atoms with Gasteiger partial charge < -0.3 is 9.47 Å². The van der Waals surface area contributed by atoms with Gasteiger partial charge in [0.05, 0.1) is 11.3 Å². The second-order valence-corrected chi connectivity index (χ2v) is 16.9. The van der Waals surface area contributed by atoms with E-state index in [9.17, 15) is 49.1 Å². The van der Waals surface area contributed by atoms with E-state index in [0.29, 0.717) is 12.8 Å². The molecule has 2 atom stereocenters. The molecule has 0 fully saturated rings. The normalized spacial score (nSPS) is 14.4. The van der Waals surface area contributed by atoms with Crippen LogP contribution < -0.4 is 9.47 Å². The third-order valence-corrected chi connectivity index (χ3v) is 8.15. The molecule has 278 valence electrons. The maximum absolute atomic E-state index is 14.0. The van der Waals surface area contributed by atoms with Crippen LogP contribution in [0.2, 0.25) is 0 Å². The van der Waals surface area contributed by atoms with Crippen LogP contribution in [0, 0.1) is 92.3 Å². The highest BCUT2D eigenvalue weighted by Crippen LogP contribution is 2.48. The lowest BCUT2D eigenvalue weighted by Gasteiger charge is -2.43. The molecule has 0 saturated carbocycles. The first-order valence-electron chi connectivity index (χ1n) is 15.5. The van der Waals surface area contributed by atoms with Crippen molar-refractivity contribution >= 4 is 11.9 Å². The van der Waals surface area contributed by atoms with E-state index in [1.807, 2.05) is 41.5 Å². The molecule has 0 amide bonds. The monoisotopic (exact) mass is 714 g/mol. The van der Waals surface area contributed by atoms with Crippen molar-refractivity contribution in [2.24, 2.45) is 33.0 Å². The van der Waals surface area contributed by atoms with Crippen molar-refractivity contribution in [3.8, 4) is 11.5 Å². The van der Waals surface area contributed by atoms with Gasteiger partial charge in [-0.3, -0.25) is 9.59 Å². The van der Waals surface area contributed by atoms with Crippen molar-refractivity contribution in [3.63, 3.8) is 0 Å². The highest BCUT2D eigenvalue weighted by Gasteiger charge is 2.48. The molecule has 2 unspecified atom stereocenters. The second-order valence-electron chi connectivity index (χ2n) is 16.9. The van der Waals surface area contributed by atoms with Crippen molar-refractivity contribution < 1.29 is 58.6 Å². The summed E-state index contributed by atoms with van der Waals surface area (Å²) in [4.78, 5) is 25.1. The molecule has 2 aromatic rings. The molecule has 49 heavy (non-hydrogen) atoms. The van der Waals surface area contributed by atoms with E-state index in [-0.39, 0.29) is 10.8 Å². The molecule has 0 bridgehead atoms. The quantitative estimate of drug-likeness (QED) is 0.0983. The smallest absolute Gasteiger partial charge is 0.317 e. The molecule has 0 spiro atoms. The van der Waals surface area contributed by atoms with Crippen molar-refractivity contribution in [2.45, 2.75) is 110 Å². The maximum atomic E-state index is 14.0. The molecule has 13 heteroatoms. The standard InChI is InChI=1S/C19H26F4O2.C17H21F5O2/c1-10-11(20)13(22)15(14(23)12(10)21)25-16(24)19(8,18(5,6)7)9-17(2,3)4;1-16(2,3)7-8(17(4,5)6)15(23)24-14-12(21)10(19)9(18)11(20)13(14)22/h9H2,1-8H3;8H,7H2,1-6H3. The predicted molar refractivity (Wildman–Crippen MR) is 167 cm³/mol.